The van der Waals surface area contributed by atoms with Gasteiger partial charge in [0, 0.05) is 19.5 Å². The lowest BCUT2D eigenvalue weighted by Gasteiger charge is -2.23. The fourth-order valence-electron chi connectivity index (χ4n) is 2.61. The van der Waals surface area contributed by atoms with Gasteiger partial charge in [0.05, 0.1) is 5.69 Å². The molecule has 0 spiro atoms. The Bertz CT molecular complexity index is 871. The van der Waals surface area contributed by atoms with Crippen LogP contribution in [0.4, 0.5) is 10.5 Å². The number of hydrogen-bond donors (Lipinski definition) is 1. The van der Waals surface area contributed by atoms with Gasteiger partial charge < -0.3 is 24.2 Å². The molecule has 0 bridgehead atoms. The predicted molar refractivity (Wildman–Crippen MR) is 96.5 cm³/mol. The number of aromatic nitrogens is 2. The Balaban J connectivity index is 1.82. The first-order valence-electron chi connectivity index (χ1n) is 8.48. The Hall–Kier alpha value is -3.10. The van der Waals surface area contributed by atoms with Crippen LogP contribution in [0.1, 0.15) is 26.7 Å². The fourth-order valence-corrected chi connectivity index (χ4v) is 2.61. The van der Waals surface area contributed by atoms with Gasteiger partial charge in [-0.1, -0.05) is 5.16 Å². The highest BCUT2D eigenvalue weighted by atomic mass is 16.6. The van der Waals surface area contributed by atoms with Gasteiger partial charge in [0.1, 0.15) is 24.0 Å². The molecule has 0 saturated heterocycles. The number of aryl methyl sites for hydroxylation is 1. The van der Waals surface area contributed by atoms with E-state index in [1.54, 1.807) is 52.9 Å². The number of alkyl carbamates (subject to hydrolysis) is 1. The Labute approximate surface area is 156 Å². The third kappa shape index (κ3) is 4.18. The number of likely N-dealkylation sites (N-methyl/N-ethyl adjacent to an activating group) is 1. The van der Waals surface area contributed by atoms with Crippen LogP contribution in [-0.2, 0) is 9.53 Å². The van der Waals surface area contributed by atoms with Crippen molar-refractivity contribution < 1.29 is 23.6 Å². The largest absolute Gasteiger partial charge is 0.489 e. The van der Waals surface area contributed by atoms with Crippen LogP contribution in [0, 0.1) is 6.92 Å². The maximum Gasteiger partial charge on any atom is 0.408 e. The molecule has 0 aliphatic carbocycles. The lowest BCUT2D eigenvalue weighted by molar-refractivity contribution is -0.120. The number of amides is 2. The molecule has 144 valence electrons. The summed E-state index contributed by atoms with van der Waals surface area (Å²) < 4.78 is 16.0. The molecular formula is C18H22N4O5. The van der Waals surface area contributed by atoms with Crippen LogP contribution < -0.4 is 15.0 Å². The maximum absolute atomic E-state index is 12.8. The summed E-state index contributed by atoms with van der Waals surface area (Å²) in [7, 11) is 1.62. The van der Waals surface area contributed by atoms with E-state index in [2.05, 4.69) is 15.5 Å². The smallest absolute Gasteiger partial charge is 0.408 e. The number of nitrogens with zero attached hydrogens (tertiary/aromatic N) is 3. The van der Waals surface area contributed by atoms with E-state index in [1.165, 1.54) is 4.90 Å². The molecule has 1 atom stereocenters. The minimum absolute atomic E-state index is 0.00389. The van der Waals surface area contributed by atoms with Gasteiger partial charge in [-0.05, 0) is 39.0 Å². The Morgan fingerprint density at radius 1 is 1.37 bits per heavy atom. The second kappa shape index (κ2) is 6.90. The van der Waals surface area contributed by atoms with E-state index in [0.29, 0.717) is 28.7 Å². The van der Waals surface area contributed by atoms with E-state index in [-0.39, 0.29) is 12.5 Å². The summed E-state index contributed by atoms with van der Waals surface area (Å²) in [6.45, 7) is 6.95. The van der Waals surface area contributed by atoms with Crippen molar-refractivity contribution in [1.82, 2.24) is 15.5 Å². The zero-order chi connectivity index (χ0) is 19.8. The molecule has 0 fully saturated rings. The first-order chi connectivity index (χ1) is 12.6. The molecule has 1 aliphatic heterocycles. The molecule has 2 amide bonds. The summed E-state index contributed by atoms with van der Waals surface area (Å²) in [4.78, 5) is 30.4. The van der Waals surface area contributed by atoms with Crippen molar-refractivity contribution in [3.05, 3.63) is 24.1 Å². The molecule has 0 radical (unpaired) electrons. The van der Waals surface area contributed by atoms with Crippen LogP contribution in [-0.4, -0.2) is 47.4 Å². The Morgan fingerprint density at radius 3 is 2.74 bits per heavy atom. The molecule has 1 aliphatic rings. The van der Waals surface area contributed by atoms with Gasteiger partial charge in [-0.15, -0.1) is 0 Å². The van der Waals surface area contributed by atoms with Crippen molar-refractivity contribution in [2.45, 2.75) is 39.3 Å². The summed E-state index contributed by atoms with van der Waals surface area (Å²) in [6.07, 6.45) is -0.674. The molecule has 0 saturated carbocycles. The van der Waals surface area contributed by atoms with Crippen molar-refractivity contribution in [2.75, 3.05) is 18.6 Å². The molecule has 3 rings (SSSR count). The Morgan fingerprint density at radius 2 is 2.11 bits per heavy atom. The van der Waals surface area contributed by atoms with Gasteiger partial charge >= 0.3 is 6.09 Å². The standard InChI is InChI=1S/C18H22N4O5/c1-10-19-15(21-27-10)11-6-7-14-13(8-11)22(5)16(23)12(9-25-14)20-17(24)26-18(2,3)4/h6-8,12H,9H2,1-5H3,(H,20,24)/t12-/m0/s1. The Kier molecular flexibility index (Phi) is 4.77. The number of ether oxygens (including phenoxy) is 2. The second-order valence-corrected chi connectivity index (χ2v) is 7.23. The lowest BCUT2D eigenvalue weighted by atomic mass is 10.1. The summed E-state index contributed by atoms with van der Waals surface area (Å²) in [6, 6.07) is 4.39. The number of carbonyl (C=O) groups excluding carboxylic acids is 2. The number of anilines is 1. The zero-order valence-electron chi connectivity index (χ0n) is 15.9. The van der Waals surface area contributed by atoms with Crippen molar-refractivity contribution in [3.63, 3.8) is 0 Å². The van der Waals surface area contributed by atoms with Crippen LogP contribution >= 0.6 is 0 Å². The van der Waals surface area contributed by atoms with E-state index in [1.807, 2.05) is 0 Å². The predicted octanol–water partition coefficient (Wildman–Crippen LogP) is 2.29. The van der Waals surface area contributed by atoms with Crippen LogP contribution in [0.25, 0.3) is 11.4 Å². The van der Waals surface area contributed by atoms with E-state index in [9.17, 15) is 9.59 Å². The summed E-state index contributed by atoms with van der Waals surface area (Å²) >= 11 is 0. The molecule has 1 aromatic carbocycles. The number of carbonyl (C=O) groups is 2. The van der Waals surface area contributed by atoms with Crippen LogP contribution in [0.2, 0.25) is 0 Å². The highest BCUT2D eigenvalue weighted by molar-refractivity contribution is 6.00. The van der Waals surface area contributed by atoms with Crippen molar-refractivity contribution in [2.24, 2.45) is 0 Å². The highest BCUT2D eigenvalue weighted by Gasteiger charge is 2.32. The van der Waals surface area contributed by atoms with E-state index in [4.69, 9.17) is 14.0 Å². The molecular weight excluding hydrogens is 352 g/mol. The maximum atomic E-state index is 12.8. The van der Waals surface area contributed by atoms with E-state index >= 15 is 0 Å². The monoisotopic (exact) mass is 374 g/mol. The number of nitrogens with one attached hydrogen (secondary N) is 1. The van der Waals surface area contributed by atoms with Gasteiger partial charge in [0.2, 0.25) is 11.7 Å². The van der Waals surface area contributed by atoms with Gasteiger partial charge in [-0.3, -0.25) is 4.79 Å². The van der Waals surface area contributed by atoms with Crippen molar-refractivity contribution >= 4 is 17.7 Å². The van der Waals surface area contributed by atoms with E-state index in [0.717, 1.165) is 0 Å². The second-order valence-electron chi connectivity index (χ2n) is 7.23. The molecule has 2 heterocycles. The SMILES string of the molecule is Cc1nc(-c2ccc3c(c2)N(C)C(=O)[C@@H](NC(=O)OC(C)(C)C)CO3)no1. The van der Waals surface area contributed by atoms with Crippen LogP contribution in [0.15, 0.2) is 22.7 Å². The quantitative estimate of drug-likeness (QED) is 0.859. The minimum atomic E-state index is -0.867. The average Bonchev–Trinajstić information content (AvgIpc) is 2.97. The number of rotatable bonds is 2. The van der Waals surface area contributed by atoms with Crippen molar-refractivity contribution in [3.8, 4) is 17.1 Å². The first kappa shape index (κ1) is 18.7. The minimum Gasteiger partial charge on any atom is -0.489 e. The number of benzene rings is 1. The molecule has 1 N–H and O–H groups in total. The molecule has 1 aromatic heterocycles. The number of hydrogen-bond acceptors (Lipinski definition) is 7. The van der Waals surface area contributed by atoms with Crippen LogP contribution in [0.5, 0.6) is 5.75 Å². The third-order valence-corrected chi connectivity index (χ3v) is 3.83. The van der Waals surface area contributed by atoms with Crippen molar-refractivity contribution in [1.29, 1.82) is 0 Å². The van der Waals surface area contributed by atoms with Gasteiger partial charge in [-0.2, -0.15) is 4.98 Å². The summed E-state index contributed by atoms with van der Waals surface area (Å²) in [5.74, 6) is 1.07. The van der Waals surface area contributed by atoms with Gasteiger partial charge in [0.25, 0.3) is 5.91 Å². The molecule has 27 heavy (non-hydrogen) atoms. The molecule has 9 heteroatoms. The molecule has 2 aromatic rings. The topological polar surface area (TPSA) is 107 Å². The molecule has 9 nitrogen and oxygen atoms in total. The number of fused-ring (bicyclic) bond motifs is 1. The molecule has 0 unspecified atom stereocenters. The van der Waals surface area contributed by atoms with Gasteiger partial charge in [0.15, 0.2) is 0 Å². The average molecular weight is 374 g/mol. The van der Waals surface area contributed by atoms with Crippen LogP contribution in [0.3, 0.4) is 0 Å². The zero-order valence-corrected chi connectivity index (χ0v) is 15.9. The first-order valence-corrected chi connectivity index (χ1v) is 8.48. The summed E-state index contributed by atoms with van der Waals surface area (Å²) in [5.41, 5.74) is 0.575. The van der Waals surface area contributed by atoms with E-state index < -0.39 is 17.7 Å². The normalized spacial score (nSPS) is 17.0. The highest BCUT2D eigenvalue weighted by Crippen LogP contribution is 2.34. The fraction of sp³-hybridized carbons (Fsp3) is 0.444. The third-order valence-electron chi connectivity index (χ3n) is 3.83. The lowest BCUT2D eigenvalue weighted by Crippen LogP contribution is -2.50. The van der Waals surface area contributed by atoms with Gasteiger partial charge in [-0.25, -0.2) is 4.79 Å². The summed E-state index contributed by atoms with van der Waals surface area (Å²) in [5, 5.41) is 6.45.